The lowest BCUT2D eigenvalue weighted by atomic mass is 10.1. The SMILES string of the molecule is COCCNCC(=O)NC(C)C(C)C.Cl. The summed E-state index contributed by atoms with van der Waals surface area (Å²) in [6.45, 7) is 7.89. The van der Waals surface area contributed by atoms with Crippen molar-refractivity contribution in [2.75, 3.05) is 26.8 Å². The number of hydrogen-bond acceptors (Lipinski definition) is 3. The summed E-state index contributed by atoms with van der Waals surface area (Å²) in [7, 11) is 1.64. The number of halogens is 1. The van der Waals surface area contributed by atoms with Crippen molar-refractivity contribution in [3.05, 3.63) is 0 Å². The summed E-state index contributed by atoms with van der Waals surface area (Å²) in [5.41, 5.74) is 0. The summed E-state index contributed by atoms with van der Waals surface area (Å²) in [5, 5.41) is 5.91. The average molecular weight is 239 g/mol. The molecule has 0 saturated carbocycles. The molecule has 0 bridgehead atoms. The van der Waals surface area contributed by atoms with E-state index in [4.69, 9.17) is 4.74 Å². The fourth-order valence-electron chi connectivity index (χ4n) is 0.848. The number of methoxy groups -OCH3 is 1. The molecule has 0 fully saturated rings. The third kappa shape index (κ3) is 9.97. The molecule has 92 valence electrons. The lowest BCUT2D eigenvalue weighted by molar-refractivity contribution is -0.121. The molecule has 0 rings (SSSR count). The zero-order chi connectivity index (χ0) is 11.0. The van der Waals surface area contributed by atoms with Crippen LogP contribution in [-0.4, -0.2) is 38.8 Å². The second kappa shape index (κ2) is 10.2. The highest BCUT2D eigenvalue weighted by Crippen LogP contribution is 1.98. The summed E-state index contributed by atoms with van der Waals surface area (Å²) >= 11 is 0. The van der Waals surface area contributed by atoms with Gasteiger partial charge in [-0.25, -0.2) is 0 Å². The Morgan fingerprint density at radius 2 is 1.93 bits per heavy atom. The second-order valence-corrected chi connectivity index (χ2v) is 3.77. The highest BCUT2D eigenvalue weighted by molar-refractivity contribution is 5.85. The van der Waals surface area contributed by atoms with Gasteiger partial charge in [0.15, 0.2) is 0 Å². The maximum absolute atomic E-state index is 11.3. The molecular weight excluding hydrogens is 216 g/mol. The standard InChI is InChI=1S/C10H22N2O2.ClH/c1-8(2)9(3)12-10(13)7-11-5-6-14-4;/h8-9,11H,5-7H2,1-4H3,(H,12,13);1H. The van der Waals surface area contributed by atoms with Crippen molar-refractivity contribution in [2.45, 2.75) is 26.8 Å². The maximum Gasteiger partial charge on any atom is 0.234 e. The van der Waals surface area contributed by atoms with Crippen LogP contribution in [0, 0.1) is 5.92 Å². The van der Waals surface area contributed by atoms with Crippen molar-refractivity contribution in [2.24, 2.45) is 5.92 Å². The average Bonchev–Trinajstić information content (AvgIpc) is 2.12. The third-order valence-electron chi connectivity index (χ3n) is 2.16. The first-order valence-electron chi connectivity index (χ1n) is 5.07. The minimum atomic E-state index is 0. The predicted molar refractivity (Wildman–Crippen MR) is 64.4 cm³/mol. The van der Waals surface area contributed by atoms with Gasteiger partial charge in [0.1, 0.15) is 0 Å². The number of amides is 1. The number of carbonyl (C=O) groups excluding carboxylic acids is 1. The largest absolute Gasteiger partial charge is 0.383 e. The Labute approximate surface area is 98.6 Å². The minimum absolute atomic E-state index is 0. The Hall–Kier alpha value is -0.320. The topological polar surface area (TPSA) is 50.4 Å². The van der Waals surface area contributed by atoms with Crippen LogP contribution in [0.2, 0.25) is 0 Å². The molecular formula is C10H23ClN2O2. The Balaban J connectivity index is 0. The first kappa shape index (κ1) is 17.1. The molecule has 0 aliphatic rings. The molecule has 2 N–H and O–H groups in total. The normalized spacial score (nSPS) is 12.1. The van der Waals surface area contributed by atoms with Crippen molar-refractivity contribution in [1.29, 1.82) is 0 Å². The number of nitrogens with one attached hydrogen (secondary N) is 2. The van der Waals surface area contributed by atoms with E-state index in [1.165, 1.54) is 0 Å². The first-order chi connectivity index (χ1) is 6.57. The van der Waals surface area contributed by atoms with Crippen molar-refractivity contribution < 1.29 is 9.53 Å². The highest BCUT2D eigenvalue weighted by Gasteiger charge is 2.09. The van der Waals surface area contributed by atoms with Crippen LogP contribution in [0.15, 0.2) is 0 Å². The van der Waals surface area contributed by atoms with Gasteiger partial charge in [0.25, 0.3) is 0 Å². The van der Waals surface area contributed by atoms with Crippen molar-refractivity contribution >= 4 is 18.3 Å². The van der Waals surface area contributed by atoms with Crippen LogP contribution in [0.4, 0.5) is 0 Å². The van der Waals surface area contributed by atoms with Crippen LogP contribution in [0.5, 0.6) is 0 Å². The lowest BCUT2D eigenvalue weighted by Crippen LogP contribution is -2.41. The van der Waals surface area contributed by atoms with Crippen LogP contribution in [0.1, 0.15) is 20.8 Å². The van der Waals surface area contributed by atoms with Crippen molar-refractivity contribution in [3.8, 4) is 0 Å². The molecule has 1 atom stereocenters. The fourth-order valence-corrected chi connectivity index (χ4v) is 0.848. The molecule has 0 aliphatic heterocycles. The summed E-state index contributed by atoms with van der Waals surface area (Å²) in [4.78, 5) is 11.3. The Morgan fingerprint density at radius 1 is 1.33 bits per heavy atom. The zero-order valence-corrected chi connectivity index (χ0v) is 10.8. The molecule has 1 unspecified atom stereocenters. The molecule has 0 heterocycles. The van der Waals surface area contributed by atoms with Crippen molar-refractivity contribution in [1.82, 2.24) is 10.6 Å². The monoisotopic (exact) mass is 238 g/mol. The Bertz CT molecular complexity index is 166. The van der Waals surface area contributed by atoms with E-state index < -0.39 is 0 Å². The highest BCUT2D eigenvalue weighted by atomic mass is 35.5. The molecule has 0 aromatic rings. The second-order valence-electron chi connectivity index (χ2n) is 3.77. The summed E-state index contributed by atoms with van der Waals surface area (Å²) in [5.74, 6) is 0.514. The van der Waals surface area contributed by atoms with Gasteiger partial charge >= 0.3 is 0 Å². The van der Waals surface area contributed by atoms with E-state index in [1.807, 2.05) is 6.92 Å². The Kier molecular flexibility index (Phi) is 11.6. The van der Waals surface area contributed by atoms with Gasteiger partial charge in [0.2, 0.25) is 5.91 Å². The van der Waals surface area contributed by atoms with E-state index in [0.717, 1.165) is 0 Å². The zero-order valence-electron chi connectivity index (χ0n) is 10.0. The fraction of sp³-hybridized carbons (Fsp3) is 0.900. The maximum atomic E-state index is 11.3. The van der Waals surface area contributed by atoms with E-state index in [2.05, 4.69) is 24.5 Å². The molecule has 0 aromatic carbocycles. The van der Waals surface area contributed by atoms with Crippen LogP contribution < -0.4 is 10.6 Å². The number of hydrogen-bond donors (Lipinski definition) is 2. The van der Waals surface area contributed by atoms with Gasteiger partial charge < -0.3 is 15.4 Å². The van der Waals surface area contributed by atoms with Crippen LogP contribution in [0.25, 0.3) is 0 Å². The van der Waals surface area contributed by atoms with Gasteiger partial charge in [-0.2, -0.15) is 0 Å². The van der Waals surface area contributed by atoms with E-state index in [9.17, 15) is 4.79 Å². The van der Waals surface area contributed by atoms with Gasteiger partial charge in [-0.3, -0.25) is 4.79 Å². The molecule has 0 spiro atoms. The molecule has 4 nitrogen and oxygen atoms in total. The van der Waals surface area contributed by atoms with Crippen LogP contribution in [0.3, 0.4) is 0 Å². The molecule has 0 aromatic heterocycles. The molecule has 15 heavy (non-hydrogen) atoms. The molecule has 5 heteroatoms. The van der Waals surface area contributed by atoms with E-state index in [-0.39, 0.29) is 24.4 Å². The van der Waals surface area contributed by atoms with Gasteiger partial charge in [-0.05, 0) is 12.8 Å². The molecule has 1 amide bonds. The van der Waals surface area contributed by atoms with Gasteiger partial charge in [-0.15, -0.1) is 12.4 Å². The van der Waals surface area contributed by atoms with E-state index >= 15 is 0 Å². The number of rotatable bonds is 7. The summed E-state index contributed by atoms with van der Waals surface area (Å²) < 4.78 is 4.85. The molecule has 0 radical (unpaired) electrons. The lowest BCUT2D eigenvalue weighted by Gasteiger charge is -2.17. The molecule has 0 saturated heterocycles. The van der Waals surface area contributed by atoms with Gasteiger partial charge in [0.05, 0.1) is 13.2 Å². The van der Waals surface area contributed by atoms with Crippen LogP contribution >= 0.6 is 12.4 Å². The third-order valence-corrected chi connectivity index (χ3v) is 2.16. The smallest absolute Gasteiger partial charge is 0.234 e. The Morgan fingerprint density at radius 3 is 2.40 bits per heavy atom. The van der Waals surface area contributed by atoms with E-state index in [0.29, 0.717) is 25.6 Å². The van der Waals surface area contributed by atoms with E-state index in [1.54, 1.807) is 7.11 Å². The first-order valence-corrected chi connectivity index (χ1v) is 5.07. The van der Waals surface area contributed by atoms with Crippen molar-refractivity contribution in [3.63, 3.8) is 0 Å². The predicted octanol–water partition coefficient (Wildman–Crippen LogP) is 0.805. The van der Waals surface area contributed by atoms with Gasteiger partial charge in [-0.1, -0.05) is 13.8 Å². The summed E-state index contributed by atoms with van der Waals surface area (Å²) in [6, 6.07) is 0.228. The number of ether oxygens (including phenoxy) is 1. The van der Waals surface area contributed by atoms with Gasteiger partial charge in [0, 0.05) is 19.7 Å². The van der Waals surface area contributed by atoms with Crippen LogP contribution in [-0.2, 0) is 9.53 Å². The summed E-state index contributed by atoms with van der Waals surface area (Å²) in [6.07, 6.45) is 0. The molecule has 0 aliphatic carbocycles. The minimum Gasteiger partial charge on any atom is -0.383 e. The number of carbonyl (C=O) groups is 1. The quantitative estimate of drug-likeness (QED) is 0.646.